The van der Waals surface area contributed by atoms with Crippen molar-refractivity contribution in [2.75, 3.05) is 5.73 Å². The first kappa shape index (κ1) is 16.0. The number of hydrogen-bond acceptors (Lipinski definition) is 3. The quantitative estimate of drug-likeness (QED) is 0.734. The SMILES string of the molecule is Cc1cccc(C(=O)NC(C)C(=O)NC(C)(C)C)c1N. The van der Waals surface area contributed by atoms with Gasteiger partial charge in [0.05, 0.1) is 5.56 Å². The van der Waals surface area contributed by atoms with E-state index in [-0.39, 0.29) is 17.4 Å². The lowest BCUT2D eigenvalue weighted by atomic mass is 10.1. The Morgan fingerprint density at radius 2 is 1.85 bits per heavy atom. The van der Waals surface area contributed by atoms with Gasteiger partial charge in [-0.25, -0.2) is 0 Å². The van der Waals surface area contributed by atoms with Gasteiger partial charge in [-0.1, -0.05) is 12.1 Å². The molecule has 5 nitrogen and oxygen atoms in total. The highest BCUT2D eigenvalue weighted by Gasteiger charge is 2.21. The smallest absolute Gasteiger partial charge is 0.254 e. The Morgan fingerprint density at radius 3 is 2.40 bits per heavy atom. The molecule has 0 radical (unpaired) electrons. The van der Waals surface area contributed by atoms with Crippen LogP contribution in [-0.2, 0) is 4.79 Å². The van der Waals surface area contributed by atoms with E-state index in [0.717, 1.165) is 5.56 Å². The number of nitrogens with two attached hydrogens (primary N) is 1. The van der Waals surface area contributed by atoms with Gasteiger partial charge in [-0.05, 0) is 46.2 Å². The van der Waals surface area contributed by atoms with Crippen molar-refractivity contribution in [3.05, 3.63) is 29.3 Å². The van der Waals surface area contributed by atoms with E-state index in [1.54, 1.807) is 19.1 Å². The summed E-state index contributed by atoms with van der Waals surface area (Å²) in [5.41, 5.74) is 7.21. The van der Waals surface area contributed by atoms with E-state index in [1.807, 2.05) is 33.8 Å². The standard InChI is InChI=1S/C15H23N3O2/c1-9-7-6-8-11(12(9)16)14(20)17-10(2)13(19)18-15(3,4)5/h6-8,10H,16H2,1-5H3,(H,17,20)(H,18,19). The van der Waals surface area contributed by atoms with Crippen molar-refractivity contribution in [1.82, 2.24) is 10.6 Å². The van der Waals surface area contributed by atoms with Crippen molar-refractivity contribution in [3.63, 3.8) is 0 Å². The van der Waals surface area contributed by atoms with Crippen LogP contribution in [0.4, 0.5) is 5.69 Å². The summed E-state index contributed by atoms with van der Waals surface area (Å²) in [6, 6.07) is 4.62. The molecule has 5 heteroatoms. The van der Waals surface area contributed by atoms with Gasteiger partial charge in [0.1, 0.15) is 6.04 Å². The number of rotatable bonds is 3. The molecule has 110 valence electrons. The third kappa shape index (κ3) is 4.26. The maximum atomic E-state index is 12.1. The number of amides is 2. The molecule has 0 heterocycles. The highest BCUT2D eigenvalue weighted by Crippen LogP contribution is 2.16. The minimum absolute atomic E-state index is 0.225. The normalized spacial score (nSPS) is 12.7. The zero-order chi connectivity index (χ0) is 15.5. The topological polar surface area (TPSA) is 84.2 Å². The molecule has 1 atom stereocenters. The molecule has 1 unspecified atom stereocenters. The van der Waals surface area contributed by atoms with Crippen LogP contribution in [0.5, 0.6) is 0 Å². The highest BCUT2D eigenvalue weighted by molar-refractivity contribution is 6.01. The molecule has 0 fully saturated rings. The second kappa shape index (κ2) is 5.94. The summed E-state index contributed by atoms with van der Waals surface area (Å²) >= 11 is 0. The molecule has 20 heavy (non-hydrogen) atoms. The van der Waals surface area contributed by atoms with Crippen LogP contribution >= 0.6 is 0 Å². The number of carbonyl (C=O) groups excluding carboxylic acids is 2. The molecule has 2 amide bonds. The van der Waals surface area contributed by atoms with Crippen LogP contribution in [0.25, 0.3) is 0 Å². The van der Waals surface area contributed by atoms with Gasteiger partial charge in [0.25, 0.3) is 5.91 Å². The molecule has 0 spiro atoms. The maximum absolute atomic E-state index is 12.1. The van der Waals surface area contributed by atoms with Crippen LogP contribution in [0.3, 0.4) is 0 Å². The number of anilines is 1. The number of nitrogen functional groups attached to an aromatic ring is 1. The van der Waals surface area contributed by atoms with E-state index >= 15 is 0 Å². The van der Waals surface area contributed by atoms with Crippen molar-refractivity contribution in [2.24, 2.45) is 0 Å². The molecule has 0 aliphatic rings. The van der Waals surface area contributed by atoms with Crippen LogP contribution in [0, 0.1) is 6.92 Å². The van der Waals surface area contributed by atoms with Gasteiger partial charge in [-0.15, -0.1) is 0 Å². The predicted molar refractivity (Wildman–Crippen MR) is 80.4 cm³/mol. The first-order valence-electron chi connectivity index (χ1n) is 6.60. The fraction of sp³-hybridized carbons (Fsp3) is 0.467. The summed E-state index contributed by atoms with van der Waals surface area (Å²) in [4.78, 5) is 24.0. The Bertz CT molecular complexity index is 518. The molecule has 0 bridgehead atoms. The summed E-state index contributed by atoms with van der Waals surface area (Å²) in [5, 5.41) is 5.47. The van der Waals surface area contributed by atoms with Crippen molar-refractivity contribution in [2.45, 2.75) is 46.2 Å². The van der Waals surface area contributed by atoms with E-state index in [2.05, 4.69) is 10.6 Å². The molecular formula is C15H23N3O2. The molecule has 0 saturated carbocycles. The van der Waals surface area contributed by atoms with Crippen molar-refractivity contribution in [3.8, 4) is 0 Å². The number of carbonyl (C=O) groups is 2. The molecule has 0 aliphatic carbocycles. The Balaban J connectivity index is 2.76. The summed E-state index contributed by atoms with van der Waals surface area (Å²) in [7, 11) is 0. The Morgan fingerprint density at radius 1 is 1.25 bits per heavy atom. The molecular weight excluding hydrogens is 254 g/mol. The number of benzene rings is 1. The number of hydrogen-bond donors (Lipinski definition) is 3. The Hall–Kier alpha value is -2.04. The number of para-hydroxylation sites is 1. The first-order chi connectivity index (χ1) is 9.11. The summed E-state index contributed by atoms with van der Waals surface area (Å²) in [6.45, 7) is 9.14. The largest absolute Gasteiger partial charge is 0.398 e. The van der Waals surface area contributed by atoms with Crippen LogP contribution in [0.15, 0.2) is 18.2 Å². The molecule has 1 aromatic carbocycles. The van der Waals surface area contributed by atoms with Crippen molar-refractivity contribution < 1.29 is 9.59 Å². The second-order valence-electron chi connectivity index (χ2n) is 5.97. The average Bonchev–Trinajstić information content (AvgIpc) is 2.30. The predicted octanol–water partition coefficient (Wildman–Crippen LogP) is 1.61. The monoisotopic (exact) mass is 277 g/mol. The molecule has 4 N–H and O–H groups in total. The summed E-state index contributed by atoms with van der Waals surface area (Å²) in [6.07, 6.45) is 0. The summed E-state index contributed by atoms with van der Waals surface area (Å²) in [5.74, 6) is -0.570. The van der Waals surface area contributed by atoms with E-state index in [4.69, 9.17) is 5.73 Å². The lowest BCUT2D eigenvalue weighted by molar-refractivity contribution is -0.124. The van der Waals surface area contributed by atoms with Crippen molar-refractivity contribution >= 4 is 17.5 Å². The zero-order valence-electron chi connectivity index (χ0n) is 12.7. The van der Waals surface area contributed by atoms with Crippen LogP contribution in [0.1, 0.15) is 43.6 Å². The molecule has 1 rings (SSSR count). The van der Waals surface area contributed by atoms with E-state index in [1.165, 1.54) is 0 Å². The van der Waals surface area contributed by atoms with Gasteiger partial charge in [-0.2, -0.15) is 0 Å². The van der Waals surface area contributed by atoms with Crippen LogP contribution < -0.4 is 16.4 Å². The van der Waals surface area contributed by atoms with E-state index in [0.29, 0.717) is 11.3 Å². The fourth-order valence-corrected chi connectivity index (χ4v) is 1.70. The van der Waals surface area contributed by atoms with E-state index < -0.39 is 6.04 Å². The molecule has 0 aromatic heterocycles. The maximum Gasteiger partial charge on any atom is 0.254 e. The third-order valence-corrected chi connectivity index (χ3v) is 2.81. The average molecular weight is 277 g/mol. The number of aryl methyl sites for hydroxylation is 1. The van der Waals surface area contributed by atoms with Gasteiger partial charge in [0, 0.05) is 11.2 Å². The van der Waals surface area contributed by atoms with Crippen LogP contribution in [-0.4, -0.2) is 23.4 Å². The zero-order valence-corrected chi connectivity index (χ0v) is 12.7. The van der Waals surface area contributed by atoms with Crippen molar-refractivity contribution in [1.29, 1.82) is 0 Å². The van der Waals surface area contributed by atoms with Gasteiger partial charge in [-0.3, -0.25) is 9.59 Å². The highest BCUT2D eigenvalue weighted by atomic mass is 16.2. The van der Waals surface area contributed by atoms with Crippen LogP contribution in [0.2, 0.25) is 0 Å². The lowest BCUT2D eigenvalue weighted by Crippen LogP contribution is -2.50. The minimum atomic E-state index is -0.623. The fourth-order valence-electron chi connectivity index (χ4n) is 1.70. The minimum Gasteiger partial charge on any atom is -0.398 e. The third-order valence-electron chi connectivity index (χ3n) is 2.81. The number of nitrogens with one attached hydrogen (secondary N) is 2. The van der Waals surface area contributed by atoms with Gasteiger partial charge < -0.3 is 16.4 Å². The summed E-state index contributed by atoms with van der Waals surface area (Å²) < 4.78 is 0. The van der Waals surface area contributed by atoms with Gasteiger partial charge in [0.15, 0.2) is 0 Å². The first-order valence-corrected chi connectivity index (χ1v) is 6.60. The van der Waals surface area contributed by atoms with E-state index in [9.17, 15) is 9.59 Å². The molecule has 0 saturated heterocycles. The second-order valence-corrected chi connectivity index (χ2v) is 5.97. The Labute approximate surface area is 119 Å². The van der Waals surface area contributed by atoms with Gasteiger partial charge in [0.2, 0.25) is 5.91 Å². The van der Waals surface area contributed by atoms with Gasteiger partial charge >= 0.3 is 0 Å². The molecule has 0 aliphatic heterocycles. The lowest BCUT2D eigenvalue weighted by Gasteiger charge is -2.23. The Kier molecular flexibility index (Phi) is 4.76. The molecule has 1 aromatic rings.